The zero-order valence-corrected chi connectivity index (χ0v) is 12.1. The Kier molecular flexibility index (Phi) is 3.64. The Hall–Kier alpha value is -2.31. The molecule has 0 amide bonds. The lowest BCUT2D eigenvalue weighted by molar-refractivity contribution is 0.486. The highest BCUT2D eigenvalue weighted by Crippen LogP contribution is 2.27. The molecule has 110 valence electrons. The topological polar surface area (TPSA) is 96.0 Å². The van der Waals surface area contributed by atoms with Gasteiger partial charge in [0.25, 0.3) is 0 Å². The molecule has 2 aromatic rings. The summed E-state index contributed by atoms with van der Waals surface area (Å²) < 4.78 is 0. The molecule has 0 radical (unpaired) electrons. The standard InChI is InChI=1S/C15H20N6/c1-21(17)9-13(16)11-5-2-6-12-14(19-20-15(11)12)10-4-3-7-18-8-10/h2,4-6,9,18H,3,7-8,16-17H2,1H3,(H,19,20)/b13-9-. The maximum Gasteiger partial charge on any atom is 0.0969 e. The highest BCUT2D eigenvalue weighted by atomic mass is 15.4. The summed E-state index contributed by atoms with van der Waals surface area (Å²) >= 11 is 0. The highest BCUT2D eigenvalue weighted by Gasteiger charge is 2.15. The van der Waals surface area contributed by atoms with Crippen molar-refractivity contribution in [3.05, 3.63) is 41.7 Å². The van der Waals surface area contributed by atoms with Gasteiger partial charge in [-0.1, -0.05) is 24.3 Å². The molecule has 1 aliphatic rings. The monoisotopic (exact) mass is 284 g/mol. The van der Waals surface area contributed by atoms with E-state index < -0.39 is 0 Å². The third-order valence-electron chi connectivity index (χ3n) is 3.58. The second kappa shape index (κ2) is 5.59. The Balaban J connectivity index is 2.10. The average Bonchev–Trinajstić information content (AvgIpc) is 2.91. The SMILES string of the molecule is CN(N)/C=C(\N)c1cccc2c(C3=CCCNC3)n[nH]c12. The summed E-state index contributed by atoms with van der Waals surface area (Å²) in [5, 5.41) is 13.5. The van der Waals surface area contributed by atoms with Crippen molar-refractivity contribution in [1.29, 1.82) is 0 Å². The van der Waals surface area contributed by atoms with E-state index in [1.54, 1.807) is 13.2 Å². The second-order valence-corrected chi connectivity index (χ2v) is 5.25. The smallest absolute Gasteiger partial charge is 0.0969 e. The van der Waals surface area contributed by atoms with Gasteiger partial charge < -0.3 is 16.1 Å². The van der Waals surface area contributed by atoms with Gasteiger partial charge in [0.05, 0.1) is 16.9 Å². The van der Waals surface area contributed by atoms with Crippen LogP contribution in [0.2, 0.25) is 0 Å². The number of hydrogen-bond acceptors (Lipinski definition) is 5. The van der Waals surface area contributed by atoms with E-state index in [1.807, 2.05) is 12.1 Å². The van der Waals surface area contributed by atoms with Crippen molar-refractivity contribution < 1.29 is 0 Å². The van der Waals surface area contributed by atoms with Crippen molar-refractivity contribution in [2.24, 2.45) is 11.6 Å². The van der Waals surface area contributed by atoms with Gasteiger partial charge in [-0.25, -0.2) is 5.84 Å². The molecule has 0 saturated carbocycles. The lowest BCUT2D eigenvalue weighted by Gasteiger charge is -2.12. The van der Waals surface area contributed by atoms with Crippen LogP contribution in [-0.4, -0.2) is 35.3 Å². The molecule has 0 fully saturated rings. The van der Waals surface area contributed by atoms with Gasteiger partial charge in [0.2, 0.25) is 0 Å². The number of para-hydroxylation sites is 1. The minimum Gasteiger partial charge on any atom is -0.397 e. The summed E-state index contributed by atoms with van der Waals surface area (Å²) in [5.41, 5.74) is 10.8. The Morgan fingerprint density at radius 3 is 3.00 bits per heavy atom. The first-order chi connectivity index (χ1) is 10.2. The van der Waals surface area contributed by atoms with E-state index in [0.717, 1.165) is 41.7 Å². The van der Waals surface area contributed by atoms with Crippen LogP contribution in [0.25, 0.3) is 22.2 Å². The lowest BCUT2D eigenvalue weighted by Crippen LogP contribution is -2.21. The number of aromatic nitrogens is 2. The quantitative estimate of drug-likeness (QED) is 0.498. The highest BCUT2D eigenvalue weighted by molar-refractivity contribution is 5.96. The number of fused-ring (bicyclic) bond motifs is 1. The summed E-state index contributed by atoms with van der Waals surface area (Å²) in [6, 6.07) is 6.02. The van der Waals surface area contributed by atoms with Crippen molar-refractivity contribution in [3.63, 3.8) is 0 Å². The number of hydrazine groups is 1. The van der Waals surface area contributed by atoms with Gasteiger partial charge >= 0.3 is 0 Å². The normalized spacial score (nSPS) is 16.1. The molecule has 0 aliphatic carbocycles. The van der Waals surface area contributed by atoms with Crippen LogP contribution in [0.1, 0.15) is 17.7 Å². The number of nitrogens with zero attached hydrogens (tertiary/aromatic N) is 2. The fourth-order valence-electron chi connectivity index (χ4n) is 2.64. The van der Waals surface area contributed by atoms with Crippen molar-refractivity contribution in [3.8, 4) is 0 Å². The summed E-state index contributed by atoms with van der Waals surface area (Å²) in [6.45, 7) is 1.87. The summed E-state index contributed by atoms with van der Waals surface area (Å²) in [4.78, 5) is 0. The fourth-order valence-corrected chi connectivity index (χ4v) is 2.64. The fraction of sp³-hybridized carbons (Fsp3) is 0.267. The van der Waals surface area contributed by atoms with E-state index in [-0.39, 0.29) is 0 Å². The number of benzene rings is 1. The van der Waals surface area contributed by atoms with E-state index >= 15 is 0 Å². The van der Waals surface area contributed by atoms with Gasteiger partial charge in [0.1, 0.15) is 0 Å². The van der Waals surface area contributed by atoms with Gasteiger partial charge in [-0.3, -0.25) is 5.10 Å². The maximum atomic E-state index is 6.11. The predicted octanol–water partition coefficient (Wildman–Crippen LogP) is 1.00. The van der Waals surface area contributed by atoms with Crippen LogP contribution in [0, 0.1) is 0 Å². The second-order valence-electron chi connectivity index (χ2n) is 5.25. The van der Waals surface area contributed by atoms with Gasteiger partial charge in [0, 0.05) is 30.7 Å². The van der Waals surface area contributed by atoms with Crippen molar-refractivity contribution in [2.45, 2.75) is 6.42 Å². The van der Waals surface area contributed by atoms with Crippen molar-refractivity contribution >= 4 is 22.2 Å². The van der Waals surface area contributed by atoms with Gasteiger partial charge in [-0.05, 0) is 18.5 Å². The van der Waals surface area contributed by atoms with Gasteiger partial charge in [0.15, 0.2) is 0 Å². The molecule has 6 nitrogen and oxygen atoms in total. The number of H-pyrrole nitrogens is 1. The first kappa shape index (κ1) is 13.7. The molecule has 6 N–H and O–H groups in total. The molecule has 0 atom stereocenters. The van der Waals surface area contributed by atoms with Crippen LogP contribution >= 0.6 is 0 Å². The van der Waals surface area contributed by atoms with Gasteiger partial charge in [-0.15, -0.1) is 0 Å². The predicted molar refractivity (Wildman–Crippen MR) is 85.7 cm³/mol. The molecule has 0 spiro atoms. The molecule has 6 heteroatoms. The Morgan fingerprint density at radius 1 is 1.43 bits per heavy atom. The van der Waals surface area contributed by atoms with Gasteiger partial charge in [-0.2, -0.15) is 5.10 Å². The Morgan fingerprint density at radius 2 is 2.29 bits per heavy atom. The number of nitrogens with two attached hydrogens (primary N) is 2. The van der Waals surface area contributed by atoms with Crippen molar-refractivity contribution in [2.75, 3.05) is 20.1 Å². The molecule has 0 unspecified atom stereocenters. The van der Waals surface area contributed by atoms with Crippen molar-refractivity contribution in [1.82, 2.24) is 20.5 Å². The number of hydrogen-bond donors (Lipinski definition) is 4. The number of rotatable bonds is 3. The molecule has 0 saturated heterocycles. The molecule has 1 aromatic carbocycles. The van der Waals surface area contributed by atoms with E-state index in [0.29, 0.717) is 5.70 Å². The van der Waals surface area contributed by atoms with E-state index in [2.05, 4.69) is 27.7 Å². The lowest BCUT2D eigenvalue weighted by atomic mass is 10.0. The Labute approximate surface area is 123 Å². The molecular formula is C15H20N6. The molecule has 2 heterocycles. The van der Waals surface area contributed by atoms with E-state index in [1.165, 1.54) is 10.6 Å². The maximum absolute atomic E-state index is 6.11. The molecular weight excluding hydrogens is 264 g/mol. The van der Waals surface area contributed by atoms with Crippen LogP contribution in [0.3, 0.4) is 0 Å². The molecule has 1 aromatic heterocycles. The molecule has 21 heavy (non-hydrogen) atoms. The zero-order valence-electron chi connectivity index (χ0n) is 12.1. The van der Waals surface area contributed by atoms with E-state index in [4.69, 9.17) is 11.6 Å². The third kappa shape index (κ3) is 2.63. The zero-order chi connectivity index (χ0) is 14.8. The molecule has 3 rings (SSSR count). The molecule has 0 bridgehead atoms. The largest absolute Gasteiger partial charge is 0.397 e. The number of nitrogens with one attached hydrogen (secondary N) is 2. The van der Waals surface area contributed by atoms with E-state index in [9.17, 15) is 0 Å². The summed E-state index contributed by atoms with van der Waals surface area (Å²) in [6.07, 6.45) is 4.96. The first-order valence-corrected chi connectivity index (χ1v) is 6.99. The first-order valence-electron chi connectivity index (χ1n) is 6.99. The van der Waals surface area contributed by atoms with Crippen LogP contribution in [0.15, 0.2) is 30.5 Å². The van der Waals surface area contributed by atoms with Crippen LogP contribution < -0.4 is 16.9 Å². The minimum absolute atomic E-state index is 0.608. The van der Waals surface area contributed by atoms with Crippen LogP contribution in [0.5, 0.6) is 0 Å². The van der Waals surface area contributed by atoms with Crippen LogP contribution in [-0.2, 0) is 0 Å². The average molecular weight is 284 g/mol. The third-order valence-corrected chi connectivity index (χ3v) is 3.58. The van der Waals surface area contributed by atoms with Crippen LogP contribution in [0.4, 0.5) is 0 Å². The Bertz CT molecular complexity index is 710. The summed E-state index contributed by atoms with van der Waals surface area (Å²) in [7, 11) is 1.74. The molecule has 1 aliphatic heterocycles. The number of aromatic amines is 1. The summed E-state index contributed by atoms with van der Waals surface area (Å²) in [5.74, 6) is 5.63. The minimum atomic E-state index is 0.608.